The molecule has 130 valence electrons. The molecule has 0 unspecified atom stereocenters. The van der Waals surface area contributed by atoms with Gasteiger partial charge in [-0.2, -0.15) is 0 Å². The summed E-state index contributed by atoms with van der Waals surface area (Å²) in [6.07, 6.45) is -1.13. The second-order valence-corrected chi connectivity index (χ2v) is 5.78. The Morgan fingerprint density at radius 1 is 1.12 bits per heavy atom. The number of imide groups is 1. The zero-order valence-corrected chi connectivity index (χ0v) is 13.0. The monoisotopic (exact) mass is 355 g/mol. The predicted molar refractivity (Wildman–Crippen MR) is 86.9 cm³/mol. The maximum absolute atomic E-state index is 13.5. The molecule has 26 heavy (non-hydrogen) atoms. The lowest BCUT2D eigenvalue weighted by atomic mass is 9.94. The van der Waals surface area contributed by atoms with Gasteiger partial charge in [-0.25, -0.2) is 9.29 Å². The molecule has 0 aliphatic carbocycles. The molecule has 2 aliphatic rings. The molecule has 2 aliphatic heterocycles. The summed E-state index contributed by atoms with van der Waals surface area (Å²) in [5.41, 5.74) is 0.647. The van der Waals surface area contributed by atoms with E-state index in [1.165, 1.54) is 42.5 Å². The number of hydrogen-bond donors (Lipinski definition) is 0. The predicted octanol–water partition coefficient (Wildman–Crippen LogP) is 2.03. The van der Waals surface area contributed by atoms with Crippen LogP contribution in [0.15, 0.2) is 53.7 Å². The molecule has 2 aromatic carbocycles. The van der Waals surface area contributed by atoms with E-state index in [0.717, 1.165) is 11.0 Å². The number of rotatable bonds is 3. The lowest BCUT2D eigenvalue weighted by Crippen LogP contribution is -2.33. The molecule has 2 amide bonds. The Balaban J connectivity index is 1.67. The minimum Gasteiger partial charge on any atom is -0.381 e. The lowest BCUT2D eigenvalue weighted by Gasteiger charge is -2.15. The van der Waals surface area contributed by atoms with Crippen molar-refractivity contribution in [2.24, 2.45) is 11.1 Å². The molecule has 0 spiro atoms. The molecule has 0 aromatic heterocycles. The highest BCUT2D eigenvalue weighted by Crippen LogP contribution is 2.35. The Labute approximate surface area is 145 Å². The van der Waals surface area contributed by atoms with Crippen molar-refractivity contribution in [1.82, 2.24) is 0 Å². The number of hydrogen-bond acceptors (Lipinski definition) is 6. The van der Waals surface area contributed by atoms with E-state index < -0.39 is 34.6 Å². The molecule has 0 radical (unpaired) electrons. The Bertz CT molecular complexity index is 973. The van der Waals surface area contributed by atoms with Gasteiger partial charge in [-0.15, -0.1) is 0 Å². The van der Waals surface area contributed by atoms with E-state index in [0.29, 0.717) is 5.56 Å². The highest BCUT2D eigenvalue weighted by Gasteiger charge is 2.56. The number of halogens is 1. The Hall–Kier alpha value is -3.62. The van der Waals surface area contributed by atoms with Crippen LogP contribution in [0.4, 0.5) is 15.8 Å². The van der Waals surface area contributed by atoms with E-state index in [4.69, 9.17) is 4.84 Å². The van der Waals surface area contributed by atoms with Crippen molar-refractivity contribution in [2.45, 2.75) is 6.10 Å². The van der Waals surface area contributed by atoms with Gasteiger partial charge >= 0.3 is 0 Å². The minimum absolute atomic E-state index is 0.111. The van der Waals surface area contributed by atoms with E-state index in [1.807, 2.05) is 0 Å². The number of nitro groups is 1. The van der Waals surface area contributed by atoms with Crippen molar-refractivity contribution in [3.05, 3.63) is 70.0 Å². The largest absolute Gasteiger partial charge is 0.381 e. The van der Waals surface area contributed by atoms with Crippen LogP contribution in [0.2, 0.25) is 0 Å². The van der Waals surface area contributed by atoms with Gasteiger partial charge in [0.15, 0.2) is 0 Å². The topological polar surface area (TPSA) is 102 Å². The fraction of sp³-hybridized carbons (Fsp3) is 0.118. The van der Waals surface area contributed by atoms with Gasteiger partial charge < -0.3 is 4.84 Å². The number of benzene rings is 2. The average Bonchev–Trinajstić information content (AvgIpc) is 3.16. The molecule has 2 heterocycles. The molecule has 4 rings (SSSR count). The number of anilines is 1. The van der Waals surface area contributed by atoms with Crippen LogP contribution in [0.3, 0.4) is 0 Å². The Morgan fingerprint density at radius 2 is 1.85 bits per heavy atom. The molecular weight excluding hydrogens is 345 g/mol. The highest BCUT2D eigenvalue weighted by molar-refractivity contribution is 6.32. The van der Waals surface area contributed by atoms with Crippen LogP contribution in [-0.2, 0) is 14.4 Å². The first-order valence-electron chi connectivity index (χ1n) is 7.59. The number of nitrogens with zero attached hydrogens (tertiary/aromatic N) is 3. The molecule has 0 bridgehead atoms. The Morgan fingerprint density at radius 3 is 2.50 bits per heavy atom. The molecule has 1 fully saturated rings. The molecule has 2 atom stereocenters. The van der Waals surface area contributed by atoms with Crippen LogP contribution in [0.25, 0.3) is 0 Å². The summed E-state index contributed by atoms with van der Waals surface area (Å²) in [6, 6.07) is 10.5. The zero-order chi connectivity index (χ0) is 18.4. The molecule has 8 nitrogen and oxygen atoms in total. The van der Waals surface area contributed by atoms with E-state index in [2.05, 4.69) is 5.16 Å². The van der Waals surface area contributed by atoms with E-state index in [1.54, 1.807) is 0 Å². The number of nitro benzene ring substituents is 1. The average molecular weight is 355 g/mol. The minimum atomic E-state index is -1.13. The molecule has 2 aromatic rings. The first-order valence-corrected chi connectivity index (χ1v) is 7.59. The third-order valence-corrected chi connectivity index (χ3v) is 4.25. The summed E-state index contributed by atoms with van der Waals surface area (Å²) in [4.78, 5) is 41.5. The van der Waals surface area contributed by atoms with E-state index >= 15 is 0 Å². The smallest absolute Gasteiger partial charge is 0.278 e. The molecule has 9 heteroatoms. The lowest BCUT2D eigenvalue weighted by molar-refractivity contribution is -0.384. The van der Waals surface area contributed by atoms with Crippen LogP contribution in [-0.4, -0.2) is 28.6 Å². The fourth-order valence-electron chi connectivity index (χ4n) is 3.04. The maximum Gasteiger partial charge on any atom is 0.278 e. The number of oxime groups is 1. The van der Waals surface area contributed by atoms with Crippen LogP contribution in [0.5, 0.6) is 0 Å². The van der Waals surface area contributed by atoms with E-state index in [-0.39, 0.29) is 17.1 Å². The maximum atomic E-state index is 13.5. The standard InChI is InChI=1S/C17H10FN3O5/c18-10-2-1-3-12(8-10)20-16(22)13-14(19-26-15(13)17(20)23)9-4-6-11(7-5-9)21(24)25/h1-8,13,15H/t13-,15-/m1/s1. The van der Waals surface area contributed by atoms with Crippen molar-refractivity contribution < 1.29 is 23.7 Å². The van der Waals surface area contributed by atoms with Crippen molar-refractivity contribution >= 4 is 28.9 Å². The first kappa shape index (κ1) is 15.9. The summed E-state index contributed by atoms with van der Waals surface area (Å²) in [5, 5.41) is 14.6. The normalized spacial score (nSPS) is 21.4. The first-order chi connectivity index (χ1) is 12.5. The van der Waals surface area contributed by atoms with Crippen molar-refractivity contribution in [3.8, 4) is 0 Å². The van der Waals surface area contributed by atoms with Crippen LogP contribution in [0.1, 0.15) is 5.56 Å². The molecule has 0 N–H and O–H groups in total. The number of carbonyl (C=O) groups is 2. The van der Waals surface area contributed by atoms with Crippen LogP contribution in [0, 0.1) is 21.8 Å². The zero-order valence-electron chi connectivity index (χ0n) is 13.0. The van der Waals surface area contributed by atoms with Crippen molar-refractivity contribution in [3.63, 3.8) is 0 Å². The third kappa shape index (κ3) is 2.32. The van der Waals surface area contributed by atoms with Gasteiger partial charge in [0.05, 0.1) is 10.6 Å². The molecule has 0 saturated carbocycles. The number of non-ortho nitro benzene ring substituents is 1. The summed E-state index contributed by atoms with van der Waals surface area (Å²) in [7, 11) is 0. The molecular formula is C17H10FN3O5. The van der Waals surface area contributed by atoms with Gasteiger partial charge in [-0.1, -0.05) is 11.2 Å². The summed E-state index contributed by atoms with van der Waals surface area (Å²) in [5.74, 6) is -2.77. The third-order valence-electron chi connectivity index (χ3n) is 4.25. The van der Waals surface area contributed by atoms with Gasteiger partial charge in [-0.05, 0) is 30.3 Å². The summed E-state index contributed by atoms with van der Waals surface area (Å²) < 4.78 is 13.5. The van der Waals surface area contributed by atoms with Gasteiger partial charge in [0.2, 0.25) is 12.0 Å². The summed E-state index contributed by atoms with van der Waals surface area (Å²) in [6.45, 7) is 0. The summed E-state index contributed by atoms with van der Waals surface area (Å²) >= 11 is 0. The van der Waals surface area contributed by atoms with Crippen LogP contribution >= 0.6 is 0 Å². The fourth-order valence-corrected chi connectivity index (χ4v) is 3.04. The second-order valence-electron chi connectivity index (χ2n) is 5.78. The SMILES string of the molecule is O=C1[C@@H]2C(c3ccc([N+](=O)[O-])cc3)=NO[C@H]2C(=O)N1c1cccc(F)c1. The van der Waals surface area contributed by atoms with Gasteiger partial charge in [-0.3, -0.25) is 19.7 Å². The number of amides is 2. The Kier molecular flexibility index (Phi) is 3.50. The van der Waals surface area contributed by atoms with Gasteiger partial charge in [0, 0.05) is 17.7 Å². The number of carbonyl (C=O) groups excluding carboxylic acids is 2. The van der Waals surface area contributed by atoms with Gasteiger partial charge in [0.1, 0.15) is 17.4 Å². The van der Waals surface area contributed by atoms with Crippen molar-refractivity contribution in [1.29, 1.82) is 0 Å². The number of fused-ring (bicyclic) bond motifs is 1. The van der Waals surface area contributed by atoms with Crippen LogP contribution < -0.4 is 4.90 Å². The van der Waals surface area contributed by atoms with E-state index in [9.17, 15) is 24.1 Å². The second kappa shape index (κ2) is 5.73. The quantitative estimate of drug-likeness (QED) is 0.476. The molecule has 1 saturated heterocycles. The van der Waals surface area contributed by atoms with Crippen molar-refractivity contribution in [2.75, 3.05) is 4.90 Å². The van der Waals surface area contributed by atoms with Gasteiger partial charge in [0.25, 0.3) is 11.6 Å². The highest BCUT2D eigenvalue weighted by atomic mass is 19.1.